The quantitative estimate of drug-likeness (QED) is 0.779. The van der Waals surface area contributed by atoms with Crippen molar-refractivity contribution < 1.29 is 14.6 Å². The van der Waals surface area contributed by atoms with Crippen LogP contribution in [0.15, 0.2) is 18.3 Å². The molecular formula is C14H16N4O3. The maximum Gasteiger partial charge on any atom is 0.360 e. The average molecular weight is 288 g/mol. The fourth-order valence-electron chi connectivity index (χ4n) is 2.46. The van der Waals surface area contributed by atoms with E-state index in [0.29, 0.717) is 11.3 Å². The monoisotopic (exact) mass is 288 g/mol. The van der Waals surface area contributed by atoms with Crippen molar-refractivity contribution in [2.45, 2.75) is 0 Å². The van der Waals surface area contributed by atoms with Gasteiger partial charge in [-0.2, -0.15) is 0 Å². The highest BCUT2D eigenvalue weighted by atomic mass is 16.5. The SMILES string of the molecule is COC(=O)c1nc(N2CCNCC2)c2cccnc2c1O. The lowest BCUT2D eigenvalue weighted by Gasteiger charge is -2.29. The van der Waals surface area contributed by atoms with Gasteiger partial charge in [-0.1, -0.05) is 0 Å². The fraction of sp³-hybridized carbons (Fsp3) is 0.357. The molecule has 0 amide bonds. The van der Waals surface area contributed by atoms with Crippen LogP contribution in [0.3, 0.4) is 0 Å². The van der Waals surface area contributed by atoms with Gasteiger partial charge in [0, 0.05) is 37.8 Å². The number of aromatic nitrogens is 2. The van der Waals surface area contributed by atoms with E-state index in [-0.39, 0.29) is 11.4 Å². The van der Waals surface area contributed by atoms with Crippen molar-refractivity contribution in [3.63, 3.8) is 0 Å². The lowest BCUT2D eigenvalue weighted by atomic mass is 10.2. The number of aromatic hydroxyl groups is 1. The molecule has 110 valence electrons. The lowest BCUT2D eigenvalue weighted by Crippen LogP contribution is -2.44. The Balaban J connectivity index is 2.21. The van der Waals surface area contributed by atoms with E-state index >= 15 is 0 Å². The molecule has 0 radical (unpaired) electrons. The Hall–Kier alpha value is -2.41. The van der Waals surface area contributed by atoms with Gasteiger partial charge in [0.2, 0.25) is 0 Å². The smallest absolute Gasteiger partial charge is 0.360 e. The number of nitrogens with one attached hydrogen (secondary N) is 1. The third kappa shape index (κ3) is 2.36. The maximum atomic E-state index is 11.8. The molecule has 0 bridgehead atoms. The molecule has 1 fully saturated rings. The average Bonchev–Trinajstić information content (AvgIpc) is 2.55. The summed E-state index contributed by atoms with van der Waals surface area (Å²) in [6.07, 6.45) is 1.57. The van der Waals surface area contributed by atoms with Gasteiger partial charge in [-0.3, -0.25) is 4.98 Å². The van der Waals surface area contributed by atoms with Gasteiger partial charge in [0.15, 0.2) is 11.4 Å². The Bertz CT molecular complexity index is 683. The molecule has 3 rings (SSSR count). The lowest BCUT2D eigenvalue weighted by molar-refractivity contribution is 0.0591. The summed E-state index contributed by atoms with van der Waals surface area (Å²) in [5.41, 5.74) is 0.263. The van der Waals surface area contributed by atoms with Crippen molar-refractivity contribution in [1.29, 1.82) is 0 Å². The molecule has 0 spiro atoms. The molecule has 1 aliphatic heterocycles. The minimum absolute atomic E-state index is 0.0998. The number of pyridine rings is 2. The zero-order valence-electron chi connectivity index (χ0n) is 11.7. The predicted octanol–water partition coefficient (Wildman–Crippen LogP) is 0.532. The summed E-state index contributed by atoms with van der Waals surface area (Å²) in [5, 5.41) is 14.2. The number of hydrogen-bond acceptors (Lipinski definition) is 7. The standard InChI is InChI=1S/C14H16N4O3/c1-21-14(20)11-12(19)10-9(3-2-4-16-10)13(17-11)18-7-5-15-6-8-18/h2-4,15,19H,5-8H2,1H3. The summed E-state index contributed by atoms with van der Waals surface area (Å²) in [7, 11) is 1.26. The van der Waals surface area contributed by atoms with Crippen molar-refractivity contribution in [2.24, 2.45) is 0 Å². The highest BCUT2D eigenvalue weighted by Crippen LogP contribution is 2.32. The van der Waals surface area contributed by atoms with Gasteiger partial charge in [0.05, 0.1) is 7.11 Å². The Morgan fingerprint density at radius 1 is 1.43 bits per heavy atom. The van der Waals surface area contributed by atoms with E-state index in [2.05, 4.69) is 24.9 Å². The van der Waals surface area contributed by atoms with Gasteiger partial charge < -0.3 is 20.1 Å². The molecule has 3 heterocycles. The first kappa shape index (κ1) is 13.6. The Morgan fingerprint density at radius 3 is 2.90 bits per heavy atom. The van der Waals surface area contributed by atoms with Gasteiger partial charge >= 0.3 is 5.97 Å². The first-order chi connectivity index (χ1) is 10.2. The third-order valence-electron chi connectivity index (χ3n) is 3.51. The van der Waals surface area contributed by atoms with E-state index in [1.54, 1.807) is 12.3 Å². The number of rotatable bonds is 2. The summed E-state index contributed by atoms with van der Waals surface area (Å²) < 4.78 is 4.69. The number of fused-ring (bicyclic) bond motifs is 1. The van der Waals surface area contributed by atoms with E-state index in [9.17, 15) is 9.90 Å². The molecular weight excluding hydrogens is 272 g/mol. The number of anilines is 1. The van der Waals surface area contributed by atoms with Crippen LogP contribution in [0.4, 0.5) is 5.82 Å². The first-order valence-corrected chi connectivity index (χ1v) is 6.74. The molecule has 2 N–H and O–H groups in total. The molecule has 1 aliphatic rings. The third-order valence-corrected chi connectivity index (χ3v) is 3.51. The second kappa shape index (κ2) is 5.53. The second-order valence-corrected chi connectivity index (χ2v) is 4.76. The molecule has 2 aromatic heterocycles. The van der Waals surface area contributed by atoms with Crippen LogP contribution in [0.25, 0.3) is 10.9 Å². The van der Waals surface area contributed by atoms with E-state index in [4.69, 9.17) is 0 Å². The number of carbonyl (C=O) groups is 1. The van der Waals surface area contributed by atoms with Crippen molar-refractivity contribution in [3.8, 4) is 5.75 Å². The van der Waals surface area contributed by atoms with Crippen molar-refractivity contribution >= 4 is 22.7 Å². The van der Waals surface area contributed by atoms with Gasteiger partial charge in [-0.15, -0.1) is 0 Å². The first-order valence-electron chi connectivity index (χ1n) is 6.74. The number of carbonyl (C=O) groups excluding carboxylic acids is 1. The van der Waals surface area contributed by atoms with E-state index in [0.717, 1.165) is 31.6 Å². The summed E-state index contributed by atoms with van der Waals surface area (Å²) in [4.78, 5) is 22.4. The molecule has 0 aromatic carbocycles. The molecule has 7 heteroatoms. The maximum absolute atomic E-state index is 11.8. The summed E-state index contributed by atoms with van der Waals surface area (Å²) >= 11 is 0. The molecule has 0 unspecified atom stereocenters. The summed E-state index contributed by atoms with van der Waals surface area (Å²) in [5.74, 6) is -0.259. The molecule has 7 nitrogen and oxygen atoms in total. The van der Waals surface area contributed by atoms with Gasteiger partial charge in [-0.05, 0) is 12.1 Å². The minimum Gasteiger partial charge on any atom is -0.504 e. The fourth-order valence-corrected chi connectivity index (χ4v) is 2.46. The number of hydrogen-bond donors (Lipinski definition) is 2. The number of piperazine rings is 1. The van der Waals surface area contributed by atoms with E-state index in [1.165, 1.54) is 7.11 Å². The highest BCUT2D eigenvalue weighted by Gasteiger charge is 2.23. The van der Waals surface area contributed by atoms with Crippen molar-refractivity contribution in [2.75, 3.05) is 38.2 Å². The predicted molar refractivity (Wildman–Crippen MR) is 77.6 cm³/mol. The van der Waals surface area contributed by atoms with Crippen LogP contribution in [0.5, 0.6) is 5.75 Å². The van der Waals surface area contributed by atoms with E-state index in [1.807, 2.05) is 6.07 Å². The normalized spacial score (nSPS) is 15.2. The van der Waals surface area contributed by atoms with Crippen LogP contribution in [0.1, 0.15) is 10.5 Å². The number of ether oxygens (including phenoxy) is 1. The highest BCUT2D eigenvalue weighted by molar-refractivity contribution is 6.01. The van der Waals surface area contributed by atoms with Crippen LogP contribution >= 0.6 is 0 Å². The largest absolute Gasteiger partial charge is 0.504 e. The molecule has 21 heavy (non-hydrogen) atoms. The second-order valence-electron chi connectivity index (χ2n) is 4.76. The zero-order valence-corrected chi connectivity index (χ0v) is 11.7. The van der Waals surface area contributed by atoms with Crippen LogP contribution in [0.2, 0.25) is 0 Å². The number of esters is 1. The van der Waals surface area contributed by atoms with Gasteiger partial charge in [0.1, 0.15) is 11.3 Å². The molecule has 0 aliphatic carbocycles. The van der Waals surface area contributed by atoms with Crippen LogP contribution in [0, 0.1) is 0 Å². The molecule has 2 aromatic rings. The van der Waals surface area contributed by atoms with Crippen LogP contribution in [-0.2, 0) is 4.74 Å². The Morgan fingerprint density at radius 2 is 2.19 bits per heavy atom. The summed E-state index contributed by atoms with van der Waals surface area (Å²) in [6, 6.07) is 3.63. The summed E-state index contributed by atoms with van der Waals surface area (Å²) in [6.45, 7) is 3.25. The minimum atomic E-state index is -0.670. The van der Waals surface area contributed by atoms with Crippen LogP contribution in [-0.4, -0.2) is 54.3 Å². The molecule has 1 saturated heterocycles. The number of methoxy groups -OCH3 is 1. The number of nitrogens with zero attached hydrogens (tertiary/aromatic N) is 3. The molecule has 0 saturated carbocycles. The van der Waals surface area contributed by atoms with Crippen molar-refractivity contribution in [1.82, 2.24) is 15.3 Å². The van der Waals surface area contributed by atoms with Crippen molar-refractivity contribution in [3.05, 3.63) is 24.0 Å². The molecule has 0 atom stereocenters. The van der Waals surface area contributed by atoms with E-state index < -0.39 is 5.97 Å². The van der Waals surface area contributed by atoms with Gasteiger partial charge in [0.25, 0.3) is 0 Å². The van der Waals surface area contributed by atoms with Gasteiger partial charge in [-0.25, -0.2) is 9.78 Å². The Labute approximate surface area is 121 Å². The zero-order chi connectivity index (χ0) is 14.8. The Kier molecular flexibility index (Phi) is 3.57. The topological polar surface area (TPSA) is 87.6 Å². The van der Waals surface area contributed by atoms with Crippen LogP contribution < -0.4 is 10.2 Å².